The summed E-state index contributed by atoms with van der Waals surface area (Å²) in [7, 11) is 1.73. The van der Waals surface area contributed by atoms with Gasteiger partial charge in [-0.15, -0.1) is 0 Å². The first-order valence-electron chi connectivity index (χ1n) is 8.17. The van der Waals surface area contributed by atoms with Crippen LogP contribution in [0.3, 0.4) is 0 Å². The van der Waals surface area contributed by atoms with Crippen molar-refractivity contribution in [3.63, 3.8) is 0 Å². The van der Waals surface area contributed by atoms with Crippen molar-refractivity contribution in [1.82, 2.24) is 15.6 Å². The van der Waals surface area contributed by atoms with E-state index in [0.29, 0.717) is 24.1 Å². The Bertz CT molecular complexity index is 510. The number of hydrogen-bond donors (Lipinski definition) is 2. The first kappa shape index (κ1) is 18.8. The lowest BCUT2D eigenvalue weighted by atomic mass is 10.3. The van der Waals surface area contributed by atoms with Gasteiger partial charge in [0.1, 0.15) is 11.6 Å². The van der Waals surface area contributed by atoms with Crippen molar-refractivity contribution in [1.29, 1.82) is 0 Å². The van der Waals surface area contributed by atoms with Crippen LogP contribution in [0.15, 0.2) is 23.3 Å². The zero-order valence-corrected chi connectivity index (χ0v) is 14.7. The summed E-state index contributed by atoms with van der Waals surface area (Å²) < 4.78 is 16.5. The third-order valence-corrected chi connectivity index (χ3v) is 3.72. The summed E-state index contributed by atoms with van der Waals surface area (Å²) in [5, 5.41) is 6.92. The maximum Gasteiger partial charge on any atom is 0.232 e. The fraction of sp³-hybridized carbons (Fsp3) is 0.625. The van der Waals surface area contributed by atoms with Crippen molar-refractivity contribution < 1.29 is 14.2 Å². The SMILES string of the molecule is CN=C(NCCCOC1CCOC1)NCCOc1ncccc1Cl. The van der Waals surface area contributed by atoms with Crippen LogP contribution in [0.25, 0.3) is 0 Å². The number of pyridine rings is 1. The molecule has 2 N–H and O–H groups in total. The number of aromatic nitrogens is 1. The summed E-state index contributed by atoms with van der Waals surface area (Å²) in [4.78, 5) is 8.23. The summed E-state index contributed by atoms with van der Waals surface area (Å²) in [6.45, 7) is 4.09. The highest BCUT2D eigenvalue weighted by Gasteiger charge is 2.15. The van der Waals surface area contributed by atoms with Crippen LogP contribution in [-0.2, 0) is 9.47 Å². The van der Waals surface area contributed by atoms with Crippen LogP contribution in [0.1, 0.15) is 12.8 Å². The minimum atomic E-state index is 0.262. The monoisotopic (exact) mass is 356 g/mol. The molecule has 2 rings (SSSR count). The van der Waals surface area contributed by atoms with Crippen LogP contribution in [0.2, 0.25) is 5.02 Å². The molecule has 0 aromatic carbocycles. The Morgan fingerprint density at radius 3 is 3.04 bits per heavy atom. The highest BCUT2D eigenvalue weighted by molar-refractivity contribution is 6.31. The van der Waals surface area contributed by atoms with Crippen molar-refractivity contribution in [2.24, 2.45) is 4.99 Å². The second-order valence-corrected chi connectivity index (χ2v) is 5.68. The van der Waals surface area contributed by atoms with E-state index in [1.165, 1.54) is 0 Å². The van der Waals surface area contributed by atoms with Crippen LogP contribution < -0.4 is 15.4 Å². The summed E-state index contributed by atoms with van der Waals surface area (Å²) in [5.74, 6) is 1.17. The molecule has 2 heterocycles. The largest absolute Gasteiger partial charge is 0.475 e. The molecule has 1 unspecified atom stereocenters. The second-order valence-electron chi connectivity index (χ2n) is 5.27. The zero-order valence-electron chi connectivity index (χ0n) is 14.0. The molecule has 0 saturated carbocycles. The molecule has 1 saturated heterocycles. The summed E-state index contributed by atoms with van der Waals surface area (Å²) in [6, 6.07) is 3.51. The third kappa shape index (κ3) is 6.90. The molecular formula is C16H25ClN4O3. The number of aliphatic imine (C=N–C) groups is 1. The standard InChI is InChI=1S/C16H25ClN4O3/c1-18-16(20-7-3-9-23-13-5-10-22-12-13)21-8-11-24-15-14(17)4-2-6-19-15/h2,4,6,13H,3,5,7-12H2,1H3,(H2,18,20,21). The van der Waals surface area contributed by atoms with Gasteiger partial charge in [-0.05, 0) is 25.0 Å². The molecule has 1 aliphatic rings. The van der Waals surface area contributed by atoms with Gasteiger partial charge in [-0.2, -0.15) is 0 Å². The van der Waals surface area contributed by atoms with Gasteiger partial charge in [0.05, 0.1) is 19.3 Å². The Balaban J connectivity index is 1.51. The van der Waals surface area contributed by atoms with E-state index in [-0.39, 0.29) is 6.10 Å². The summed E-state index contributed by atoms with van der Waals surface area (Å²) in [6.07, 6.45) is 3.82. The summed E-state index contributed by atoms with van der Waals surface area (Å²) in [5.41, 5.74) is 0. The van der Waals surface area contributed by atoms with E-state index < -0.39 is 0 Å². The predicted molar refractivity (Wildman–Crippen MR) is 93.9 cm³/mol. The molecule has 0 bridgehead atoms. The smallest absolute Gasteiger partial charge is 0.232 e. The van der Waals surface area contributed by atoms with E-state index >= 15 is 0 Å². The van der Waals surface area contributed by atoms with E-state index in [4.69, 9.17) is 25.8 Å². The number of nitrogens with zero attached hydrogens (tertiary/aromatic N) is 2. The molecule has 0 spiro atoms. The Morgan fingerprint density at radius 1 is 1.42 bits per heavy atom. The van der Waals surface area contributed by atoms with Gasteiger partial charge in [0.15, 0.2) is 5.96 Å². The van der Waals surface area contributed by atoms with Gasteiger partial charge in [0.25, 0.3) is 0 Å². The van der Waals surface area contributed by atoms with E-state index in [1.807, 2.05) is 0 Å². The van der Waals surface area contributed by atoms with Crippen molar-refractivity contribution >= 4 is 17.6 Å². The van der Waals surface area contributed by atoms with E-state index in [9.17, 15) is 0 Å². The highest BCUT2D eigenvalue weighted by Crippen LogP contribution is 2.19. The van der Waals surface area contributed by atoms with Crippen LogP contribution >= 0.6 is 11.6 Å². The van der Waals surface area contributed by atoms with Crippen molar-refractivity contribution in [3.8, 4) is 5.88 Å². The van der Waals surface area contributed by atoms with Crippen molar-refractivity contribution in [3.05, 3.63) is 23.4 Å². The number of ether oxygens (including phenoxy) is 3. The molecule has 7 nitrogen and oxygen atoms in total. The molecule has 8 heteroatoms. The van der Waals surface area contributed by atoms with Gasteiger partial charge in [-0.3, -0.25) is 4.99 Å². The first-order valence-corrected chi connectivity index (χ1v) is 8.54. The fourth-order valence-electron chi connectivity index (χ4n) is 2.19. The Hall–Kier alpha value is -1.57. The van der Waals surface area contributed by atoms with Gasteiger partial charge in [0.2, 0.25) is 5.88 Å². The fourth-order valence-corrected chi connectivity index (χ4v) is 2.36. The number of guanidine groups is 1. The maximum atomic E-state index is 5.97. The van der Waals surface area contributed by atoms with E-state index in [0.717, 1.165) is 45.2 Å². The maximum absolute atomic E-state index is 5.97. The van der Waals surface area contributed by atoms with Crippen LogP contribution in [0, 0.1) is 0 Å². The minimum absolute atomic E-state index is 0.262. The highest BCUT2D eigenvalue weighted by atomic mass is 35.5. The normalized spacial score (nSPS) is 17.8. The molecule has 24 heavy (non-hydrogen) atoms. The lowest BCUT2D eigenvalue weighted by Gasteiger charge is -2.13. The van der Waals surface area contributed by atoms with Crippen LogP contribution in [0.5, 0.6) is 5.88 Å². The molecule has 0 radical (unpaired) electrons. The molecule has 1 atom stereocenters. The molecule has 1 aromatic rings. The van der Waals surface area contributed by atoms with Gasteiger partial charge >= 0.3 is 0 Å². The number of nitrogens with one attached hydrogen (secondary N) is 2. The molecule has 1 fully saturated rings. The molecule has 1 aliphatic heterocycles. The average Bonchev–Trinajstić information content (AvgIpc) is 3.11. The van der Waals surface area contributed by atoms with Crippen LogP contribution in [-0.4, -0.2) is 63.6 Å². The molecule has 1 aromatic heterocycles. The lowest BCUT2D eigenvalue weighted by molar-refractivity contribution is 0.0420. The van der Waals surface area contributed by atoms with Crippen molar-refractivity contribution in [2.45, 2.75) is 18.9 Å². The quantitative estimate of drug-likeness (QED) is 0.396. The van der Waals surface area contributed by atoms with Gasteiger partial charge in [-0.1, -0.05) is 11.6 Å². The van der Waals surface area contributed by atoms with Gasteiger partial charge in [-0.25, -0.2) is 4.98 Å². The van der Waals surface area contributed by atoms with E-state index in [2.05, 4.69) is 20.6 Å². The Morgan fingerprint density at radius 2 is 2.29 bits per heavy atom. The second kappa shape index (κ2) is 11.1. The van der Waals surface area contributed by atoms with Crippen molar-refractivity contribution in [2.75, 3.05) is 46.6 Å². The number of hydrogen-bond acceptors (Lipinski definition) is 5. The molecule has 0 aliphatic carbocycles. The number of rotatable bonds is 9. The number of halogens is 1. The predicted octanol–water partition coefficient (Wildman–Crippen LogP) is 1.47. The zero-order chi connectivity index (χ0) is 17.0. The molecule has 0 amide bonds. The molecular weight excluding hydrogens is 332 g/mol. The Kier molecular flexibility index (Phi) is 8.65. The van der Waals surface area contributed by atoms with E-state index in [1.54, 1.807) is 25.4 Å². The Labute approximate surface area is 147 Å². The summed E-state index contributed by atoms with van der Waals surface area (Å²) >= 11 is 5.97. The average molecular weight is 357 g/mol. The lowest BCUT2D eigenvalue weighted by Crippen LogP contribution is -2.40. The topological polar surface area (TPSA) is 77.0 Å². The third-order valence-electron chi connectivity index (χ3n) is 3.44. The molecule has 134 valence electrons. The van der Waals surface area contributed by atoms with Gasteiger partial charge < -0.3 is 24.8 Å². The van der Waals surface area contributed by atoms with Gasteiger partial charge in [0, 0.05) is 33.0 Å². The first-order chi connectivity index (χ1) is 11.8. The minimum Gasteiger partial charge on any atom is -0.475 e. The van der Waals surface area contributed by atoms with Crippen LogP contribution in [0.4, 0.5) is 0 Å².